The molecule has 1 atom stereocenters. The Kier molecular flexibility index (Phi) is 5.16. The first-order valence-electron chi connectivity index (χ1n) is 6.25. The number of para-hydroxylation sites is 1. The van der Waals surface area contributed by atoms with Gasteiger partial charge >= 0.3 is 0 Å². The molecule has 0 amide bonds. The number of hydrogen-bond acceptors (Lipinski definition) is 3. The molecular weight excluding hydrogens is 248 g/mol. The van der Waals surface area contributed by atoms with Gasteiger partial charge in [0.2, 0.25) is 10.0 Å². The summed E-state index contributed by atoms with van der Waals surface area (Å²) in [6, 6.07) is 7.12. The van der Waals surface area contributed by atoms with Gasteiger partial charge in [-0.2, -0.15) is 4.31 Å². The Morgan fingerprint density at radius 1 is 1.28 bits per heavy atom. The van der Waals surface area contributed by atoms with E-state index in [1.165, 1.54) is 0 Å². The molecule has 102 valence electrons. The zero-order chi connectivity index (χ0) is 13.8. The van der Waals surface area contributed by atoms with Gasteiger partial charge in [-0.15, -0.1) is 0 Å². The average molecular weight is 270 g/mol. The molecule has 0 fully saturated rings. The van der Waals surface area contributed by atoms with Crippen LogP contribution in [0.3, 0.4) is 0 Å². The number of nitrogen functional groups attached to an aromatic ring is 1. The normalized spacial score (nSPS) is 13.8. The van der Waals surface area contributed by atoms with Crippen molar-refractivity contribution in [3.63, 3.8) is 0 Å². The largest absolute Gasteiger partial charge is 0.398 e. The lowest BCUT2D eigenvalue weighted by Crippen LogP contribution is -2.38. The van der Waals surface area contributed by atoms with Crippen molar-refractivity contribution in [2.24, 2.45) is 0 Å². The van der Waals surface area contributed by atoms with Crippen LogP contribution in [0.5, 0.6) is 0 Å². The third-order valence-electron chi connectivity index (χ3n) is 3.14. The molecule has 2 N–H and O–H groups in total. The summed E-state index contributed by atoms with van der Waals surface area (Å²) < 4.78 is 26.2. The summed E-state index contributed by atoms with van der Waals surface area (Å²) in [6.07, 6.45) is 0.803. The topological polar surface area (TPSA) is 63.4 Å². The first kappa shape index (κ1) is 15.0. The van der Waals surface area contributed by atoms with Crippen molar-refractivity contribution in [1.82, 2.24) is 4.31 Å². The monoisotopic (exact) mass is 270 g/mol. The third-order valence-corrected chi connectivity index (χ3v) is 5.15. The predicted molar refractivity (Wildman–Crippen MR) is 75.6 cm³/mol. The molecule has 0 aliphatic rings. The molecule has 0 aliphatic carbocycles. The Morgan fingerprint density at radius 2 is 1.89 bits per heavy atom. The van der Waals surface area contributed by atoms with E-state index in [1.807, 2.05) is 20.8 Å². The Balaban J connectivity index is 2.97. The van der Waals surface area contributed by atoms with Crippen LogP contribution in [0.4, 0.5) is 5.69 Å². The van der Waals surface area contributed by atoms with Crippen LogP contribution in [0.15, 0.2) is 24.3 Å². The summed E-state index contributed by atoms with van der Waals surface area (Å²) in [7, 11) is -3.31. The SMILES string of the molecule is CCC(C)N(CC)S(=O)(=O)Cc1ccccc1N. The van der Waals surface area contributed by atoms with Crippen molar-refractivity contribution in [3.8, 4) is 0 Å². The fourth-order valence-electron chi connectivity index (χ4n) is 1.93. The smallest absolute Gasteiger partial charge is 0.218 e. The Bertz CT molecular complexity index is 486. The zero-order valence-electron chi connectivity index (χ0n) is 11.3. The molecule has 0 saturated carbocycles. The van der Waals surface area contributed by atoms with Gasteiger partial charge in [-0.05, 0) is 25.0 Å². The van der Waals surface area contributed by atoms with Gasteiger partial charge in [-0.1, -0.05) is 32.0 Å². The molecule has 18 heavy (non-hydrogen) atoms. The molecule has 4 nitrogen and oxygen atoms in total. The maximum atomic E-state index is 12.4. The highest BCUT2D eigenvalue weighted by Gasteiger charge is 2.25. The van der Waals surface area contributed by atoms with Crippen molar-refractivity contribution < 1.29 is 8.42 Å². The number of hydrogen-bond donors (Lipinski definition) is 1. The number of nitrogens with zero attached hydrogens (tertiary/aromatic N) is 1. The van der Waals surface area contributed by atoms with Crippen molar-refractivity contribution in [1.29, 1.82) is 0 Å². The standard InChI is InChI=1S/C13H22N2O2S/c1-4-11(3)15(5-2)18(16,17)10-12-8-6-7-9-13(12)14/h6-9,11H,4-5,10,14H2,1-3H3. The van der Waals surface area contributed by atoms with Crippen LogP contribution in [0, 0.1) is 0 Å². The summed E-state index contributed by atoms with van der Waals surface area (Å²) in [5, 5.41) is 0. The van der Waals surface area contributed by atoms with E-state index in [2.05, 4.69) is 0 Å². The van der Waals surface area contributed by atoms with Gasteiger partial charge in [0.15, 0.2) is 0 Å². The van der Waals surface area contributed by atoms with Crippen LogP contribution in [0.25, 0.3) is 0 Å². The van der Waals surface area contributed by atoms with E-state index in [-0.39, 0.29) is 11.8 Å². The molecule has 0 saturated heterocycles. The highest BCUT2D eigenvalue weighted by atomic mass is 32.2. The van der Waals surface area contributed by atoms with Crippen molar-refractivity contribution >= 4 is 15.7 Å². The second-order valence-electron chi connectivity index (χ2n) is 4.42. The summed E-state index contributed by atoms with van der Waals surface area (Å²) in [4.78, 5) is 0. The fraction of sp³-hybridized carbons (Fsp3) is 0.538. The van der Waals surface area contributed by atoms with E-state index in [9.17, 15) is 8.42 Å². The molecule has 1 aromatic carbocycles. The molecule has 0 radical (unpaired) electrons. The first-order chi connectivity index (χ1) is 8.42. The molecule has 5 heteroatoms. The van der Waals surface area contributed by atoms with Crippen molar-refractivity contribution in [2.45, 2.75) is 39.0 Å². The molecule has 0 spiro atoms. The number of rotatable bonds is 6. The molecule has 0 aliphatic heterocycles. The summed E-state index contributed by atoms with van der Waals surface area (Å²) >= 11 is 0. The van der Waals surface area contributed by atoms with Crippen LogP contribution in [0.2, 0.25) is 0 Å². The molecular formula is C13H22N2O2S. The number of benzene rings is 1. The third kappa shape index (κ3) is 3.46. The average Bonchev–Trinajstić information content (AvgIpc) is 2.32. The lowest BCUT2D eigenvalue weighted by Gasteiger charge is -2.26. The van der Waals surface area contributed by atoms with Gasteiger partial charge in [0, 0.05) is 18.3 Å². The lowest BCUT2D eigenvalue weighted by molar-refractivity contribution is 0.342. The van der Waals surface area contributed by atoms with Crippen LogP contribution in [-0.4, -0.2) is 25.3 Å². The van der Waals surface area contributed by atoms with E-state index in [1.54, 1.807) is 28.6 Å². The Hall–Kier alpha value is -1.07. The molecule has 1 unspecified atom stereocenters. The van der Waals surface area contributed by atoms with Gasteiger partial charge in [0.1, 0.15) is 0 Å². The highest BCUT2D eigenvalue weighted by molar-refractivity contribution is 7.88. The second kappa shape index (κ2) is 6.20. The minimum absolute atomic E-state index is 0.0185. The lowest BCUT2D eigenvalue weighted by atomic mass is 10.2. The molecule has 1 aromatic rings. The maximum Gasteiger partial charge on any atom is 0.218 e. The summed E-state index contributed by atoms with van der Waals surface area (Å²) in [5.74, 6) is -0.0299. The van der Waals surface area contributed by atoms with Crippen LogP contribution >= 0.6 is 0 Å². The van der Waals surface area contributed by atoms with Crippen molar-refractivity contribution in [3.05, 3.63) is 29.8 Å². The summed E-state index contributed by atoms with van der Waals surface area (Å²) in [5.41, 5.74) is 6.99. The molecule has 0 heterocycles. The van der Waals surface area contributed by atoms with Gasteiger partial charge in [0.05, 0.1) is 5.75 Å². The first-order valence-corrected chi connectivity index (χ1v) is 7.86. The number of nitrogens with two attached hydrogens (primary N) is 1. The van der Waals surface area contributed by atoms with Gasteiger partial charge in [-0.3, -0.25) is 0 Å². The van der Waals surface area contributed by atoms with Crippen molar-refractivity contribution in [2.75, 3.05) is 12.3 Å². The van der Waals surface area contributed by atoms with Crippen LogP contribution in [0.1, 0.15) is 32.8 Å². The van der Waals surface area contributed by atoms with E-state index < -0.39 is 10.0 Å². The number of anilines is 1. The Labute approximate surface area is 110 Å². The van der Waals surface area contributed by atoms with E-state index in [0.717, 1.165) is 6.42 Å². The van der Waals surface area contributed by atoms with E-state index >= 15 is 0 Å². The fourth-order valence-corrected chi connectivity index (χ4v) is 3.84. The Morgan fingerprint density at radius 3 is 2.39 bits per heavy atom. The highest BCUT2D eigenvalue weighted by Crippen LogP contribution is 2.19. The van der Waals surface area contributed by atoms with Crippen LogP contribution in [-0.2, 0) is 15.8 Å². The molecule has 1 rings (SSSR count). The second-order valence-corrected chi connectivity index (χ2v) is 6.34. The maximum absolute atomic E-state index is 12.4. The van der Waals surface area contributed by atoms with Gasteiger partial charge in [-0.25, -0.2) is 8.42 Å². The van der Waals surface area contributed by atoms with Crippen LogP contribution < -0.4 is 5.73 Å². The quantitative estimate of drug-likeness (QED) is 0.806. The van der Waals surface area contributed by atoms with Gasteiger partial charge < -0.3 is 5.73 Å². The number of sulfonamides is 1. The summed E-state index contributed by atoms with van der Waals surface area (Å²) in [6.45, 7) is 6.26. The molecule has 0 aromatic heterocycles. The predicted octanol–water partition coefficient (Wildman–Crippen LogP) is 2.22. The minimum Gasteiger partial charge on any atom is -0.398 e. The minimum atomic E-state index is -3.31. The molecule has 0 bridgehead atoms. The van der Waals surface area contributed by atoms with E-state index in [0.29, 0.717) is 17.8 Å². The zero-order valence-corrected chi connectivity index (χ0v) is 12.1. The van der Waals surface area contributed by atoms with E-state index in [4.69, 9.17) is 5.73 Å². The van der Waals surface area contributed by atoms with Gasteiger partial charge in [0.25, 0.3) is 0 Å².